The summed E-state index contributed by atoms with van der Waals surface area (Å²) in [5.41, 5.74) is 6.51. The average Bonchev–Trinajstić information content (AvgIpc) is 2.92. The van der Waals surface area contributed by atoms with Gasteiger partial charge in [0, 0.05) is 17.5 Å². The third-order valence-corrected chi connectivity index (χ3v) is 3.38. The number of carbonyl (C=O) groups is 2. The number of nitrogens with two attached hydrogens (primary N) is 1. The minimum absolute atomic E-state index is 0.397. The second-order valence-corrected chi connectivity index (χ2v) is 4.95. The van der Waals surface area contributed by atoms with E-state index in [1.807, 2.05) is 6.08 Å². The van der Waals surface area contributed by atoms with Crippen LogP contribution in [0.3, 0.4) is 0 Å². The molecule has 0 atom stereocenters. The van der Waals surface area contributed by atoms with E-state index in [1.165, 1.54) is 25.7 Å². The van der Waals surface area contributed by atoms with E-state index in [1.54, 1.807) is 30.5 Å². The molecule has 5 heteroatoms. The molecule has 0 radical (unpaired) electrons. The Labute approximate surface area is 118 Å². The summed E-state index contributed by atoms with van der Waals surface area (Å²) in [5.74, 6) is 0.0971. The van der Waals surface area contributed by atoms with Crippen molar-refractivity contribution >= 4 is 17.6 Å². The lowest BCUT2D eigenvalue weighted by Crippen LogP contribution is -2.37. The third-order valence-electron chi connectivity index (χ3n) is 3.38. The smallest absolute Gasteiger partial charge is 0.325 e. The second kappa shape index (κ2) is 6.75. The zero-order valence-electron chi connectivity index (χ0n) is 11.3. The summed E-state index contributed by atoms with van der Waals surface area (Å²) < 4.78 is 0. The highest BCUT2D eigenvalue weighted by Crippen LogP contribution is 2.25. The number of anilines is 1. The van der Waals surface area contributed by atoms with Gasteiger partial charge in [-0.1, -0.05) is 18.9 Å². The van der Waals surface area contributed by atoms with Crippen LogP contribution in [-0.2, 0) is 0 Å². The van der Waals surface area contributed by atoms with Gasteiger partial charge in [0.05, 0.1) is 0 Å². The zero-order valence-corrected chi connectivity index (χ0v) is 11.3. The van der Waals surface area contributed by atoms with Gasteiger partial charge in [-0.05, 0) is 43.0 Å². The Morgan fingerprint density at radius 3 is 2.45 bits per heavy atom. The number of hydrogen-bond acceptors (Lipinski definition) is 3. The number of carbonyl (C=O) groups excluding carboxylic acids is 2. The zero-order chi connectivity index (χ0) is 14.4. The van der Waals surface area contributed by atoms with E-state index in [4.69, 9.17) is 5.73 Å². The summed E-state index contributed by atoms with van der Waals surface area (Å²) in [6.45, 7) is 0. The molecule has 0 aliphatic heterocycles. The number of benzene rings is 1. The van der Waals surface area contributed by atoms with Gasteiger partial charge in [-0.15, -0.1) is 0 Å². The molecule has 4 N–H and O–H groups in total. The summed E-state index contributed by atoms with van der Waals surface area (Å²) in [5, 5.41) is 4.81. The van der Waals surface area contributed by atoms with E-state index < -0.39 is 11.9 Å². The molecule has 0 saturated heterocycles. The summed E-state index contributed by atoms with van der Waals surface area (Å²) in [6.07, 6.45) is 8.43. The number of imide groups is 1. The fourth-order valence-electron chi connectivity index (χ4n) is 2.26. The molecule has 1 aromatic carbocycles. The molecule has 5 nitrogen and oxygen atoms in total. The Balaban J connectivity index is 1.78. The van der Waals surface area contributed by atoms with Crippen molar-refractivity contribution in [2.45, 2.75) is 25.7 Å². The molecule has 0 aromatic heterocycles. The fourth-order valence-corrected chi connectivity index (χ4v) is 2.26. The fraction of sp³-hybridized carbons (Fsp3) is 0.333. The van der Waals surface area contributed by atoms with Crippen molar-refractivity contribution in [2.24, 2.45) is 5.92 Å². The van der Waals surface area contributed by atoms with Gasteiger partial charge in [0.2, 0.25) is 0 Å². The predicted octanol–water partition coefficient (Wildman–Crippen LogP) is 2.41. The maximum Gasteiger partial charge on any atom is 0.325 e. The molecule has 1 saturated carbocycles. The largest absolute Gasteiger partial charge is 0.399 e. The van der Waals surface area contributed by atoms with Crippen molar-refractivity contribution < 1.29 is 9.59 Å². The van der Waals surface area contributed by atoms with Crippen LogP contribution in [0.15, 0.2) is 36.5 Å². The number of amides is 3. The van der Waals surface area contributed by atoms with Crippen LogP contribution in [0, 0.1) is 5.92 Å². The number of allylic oxidation sites excluding steroid dienone is 1. The van der Waals surface area contributed by atoms with Gasteiger partial charge in [-0.3, -0.25) is 10.1 Å². The summed E-state index contributed by atoms with van der Waals surface area (Å²) in [6, 6.07) is 5.86. The molecule has 0 spiro atoms. The van der Waals surface area contributed by atoms with Crippen molar-refractivity contribution in [1.82, 2.24) is 10.6 Å². The molecular formula is C15H19N3O2. The Morgan fingerprint density at radius 2 is 1.80 bits per heavy atom. The first-order valence-corrected chi connectivity index (χ1v) is 6.79. The van der Waals surface area contributed by atoms with Crippen LogP contribution < -0.4 is 16.4 Å². The quantitative estimate of drug-likeness (QED) is 0.739. The van der Waals surface area contributed by atoms with Crippen LogP contribution in [0.1, 0.15) is 36.0 Å². The average molecular weight is 273 g/mol. The second-order valence-electron chi connectivity index (χ2n) is 4.95. The topological polar surface area (TPSA) is 84.2 Å². The highest BCUT2D eigenvalue weighted by Gasteiger charge is 2.12. The number of urea groups is 1. The Hall–Kier alpha value is -2.30. The molecule has 3 amide bonds. The maximum absolute atomic E-state index is 11.7. The first kappa shape index (κ1) is 14.1. The van der Waals surface area contributed by atoms with E-state index in [9.17, 15) is 9.59 Å². The first-order chi connectivity index (χ1) is 9.65. The number of nitrogens with one attached hydrogen (secondary N) is 2. The molecule has 1 fully saturated rings. The lowest BCUT2D eigenvalue weighted by molar-refractivity contribution is 0.0965. The van der Waals surface area contributed by atoms with Crippen LogP contribution in [0.2, 0.25) is 0 Å². The molecule has 1 aromatic rings. The molecule has 2 rings (SSSR count). The van der Waals surface area contributed by atoms with E-state index in [-0.39, 0.29) is 0 Å². The van der Waals surface area contributed by atoms with E-state index in [0.717, 1.165) is 0 Å². The summed E-state index contributed by atoms with van der Waals surface area (Å²) >= 11 is 0. The van der Waals surface area contributed by atoms with Crippen molar-refractivity contribution in [1.29, 1.82) is 0 Å². The van der Waals surface area contributed by atoms with Crippen molar-refractivity contribution in [3.05, 3.63) is 42.1 Å². The van der Waals surface area contributed by atoms with Gasteiger partial charge in [0.1, 0.15) is 0 Å². The van der Waals surface area contributed by atoms with E-state index >= 15 is 0 Å². The van der Waals surface area contributed by atoms with Crippen LogP contribution in [0.5, 0.6) is 0 Å². The van der Waals surface area contributed by atoms with Crippen LogP contribution in [-0.4, -0.2) is 11.9 Å². The molecule has 20 heavy (non-hydrogen) atoms. The van der Waals surface area contributed by atoms with E-state index in [0.29, 0.717) is 17.2 Å². The monoisotopic (exact) mass is 273 g/mol. The van der Waals surface area contributed by atoms with Gasteiger partial charge in [-0.2, -0.15) is 0 Å². The highest BCUT2D eigenvalue weighted by molar-refractivity contribution is 6.04. The van der Waals surface area contributed by atoms with Crippen molar-refractivity contribution in [2.75, 3.05) is 5.73 Å². The minimum Gasteiger partial charge on any atom is -0.399 e. The SMILES string of the molecule is Nc1ccc(C(=O)NC(=O)N/C=C/C2CCCC2)cc1. The van der Waals surface area contributed by atoms with Gasteiger partial charge < -0.3 is 11.1 Å². The van der Waals surface area contributed by atoms with Crippen LogP contribution >= 0.6 is 0 Å². The normalized spacial score (nSPS) is 15.4. The third kappa shape index (κ3) is 4.12. The lowest BCUT2D eigenvalue weighted by Gasteiger charge is -2.05. The predicted molar refractivity (Wildman–Crippen MR) is 78.0 cm³/mol. The maximum atomic E-state index is 11.7. The molecule has 1 aliphatic rings. The number of rotatable bonds is 3. The van der Waals surface area contributed by atoms with Crippen LogP contribution in [0.4, 0.5) is 10.5 Å². The van der Waals surface area contributed by atoms with E-state index in [2.05, 4.69) is 10.6 Å². The molecular weight excluding hydrogens is 254 g/mol. The number of hydrogen-bond donors (Lipinski definition) is 3. The summed E-state index contributed by atoms with van der Waals surface area (Å²) in [7, 11) is 0. The van der Waals surface area contributed by atoms with Gasteiger partial charge in [0.15, 0.2) is 0 Å². The van der Waals surface area contributed by atoms with Crippen molar-refractivity contribution in [3.8, 4) is 0 Å². The molecule has 1 aliphatic carbocycles. The van der Waals surface area contributed by atoms with Crippen LogP contribution in [0.25, 0.3) is 0 Å². The lowest BCUT2D eigenvalue weighted by atomic mass is 10.1. The van der Waals surface area contributed by atoms with Gasteiger partial charge in [0.25, 0.3) is 5.91 Å². The standard InChI is InChI=1S/C15H19N3O2/c16-13-7-5-12(6-8-13)14(19)18-15(20)17-10-9-11-3-1-2-4-11/h5-11H,1-4,16H2,(H2,17,18,19,20)/b10-9+. The Bertz CT molecular complexity index is 502. The number of nitrogen functional groups attached to an aromatic ring is 1. The molecule has 0 heterocycles. The van der Waals surface area contributed by atoms with Crippen molar-refractivity contribution in [3.63, 3.8) is 0 Å². The first-order valence-electron chi connectivity index (χ1n) is 6.79. The Kier molecular flexibility index (Phi) is 4.76. The highest BCUT2D eigenvalue weighted by atomic mass is 16.2. The minimum atomic E-state index is -0.527. The Morgan fingerprint density at radius 1 is 1.15 bits per heavy atom. The molecule has 0 unspecified atom stereocenters. The van der Waals surface area contributed by atoms with Gasteiger partial charge >= 0.3 is 6.03 Å². The molecule has 106 valence electrons. The van der Waals surface area contributed by atoms with Gasteiger partial charge in [-0.25, -0.2) is 4.79 Å². The summed E-state index contributed by atoms with van der Waals surface area (Å²) in [4.78, 5) is 23.3. The molecule has 0 bridgehead atoms.